The first-order valence-electron chi connectivity index (χ1n) is 21.7. The summed E-state index contributed by atoms with van der Waals surface area (Å²) in [6.07, 6.45) is 0. The third kappa shape index (κ3) is 5.46. The van der Waals surface area contributed by atoms with Crippen molar-refractivity contribution in [3.05, 3.63) is 237 Å². The number of rotatable bonds is 6. The second-order valence-corrected chi connectivity index (χ2v) is 16.5. The summed E-state index contributed by atoms with van der Waals surface area (Å²) in [5, 5.41) is 12.6. The number of nitrogens with zero attached hydrogens (tertiary/aromatic N) is 3. The van der Waals surface area contributed by atoms with E-state index in [2.05, 4.69) is 251 Å². The Morgan fingerprint density at radius 2 is 0.698 bits per heavy atom. The molecule has 2 heterocycles. The van der Waals surface area contributed by atoms with Crippen LogP contribution in [0.3, 0.4) is 0 Å². The normalized spacial score (nSPS) is 11.8. The van der Waals surface area contributed by atoms with Gasteiger partial charge >= 0.3 is 0 Å². The third-order valence-corrected chi connectivity index (χ3v) is 13.1. The standard InChI is InChI=1S/C60H39N3/c1-3-15-40(16-4-1)41-27-29-43(30-28-41)61(46-35-36-51-49-21-8-7-19-47(49)48-20-9-10-22-50(48)55(51)39-46)44-31-33-45(34-32-44)63-56-25-13-11-23-52(56)53-37-38-58-59(60(53)63)54-24-12-14-26-57(54)62(58)42-17-5-2-6-18-42/h1-39H. The van der Waals surface area contributed by atoms with E-state index in [9.17, 15) is 0 Å². The van der Waals surface area contributed by atoms with Crippen LogP contribution in [0, 0.1) is 0 Å². The van der Waals surface area contributed by atoms with Crippen LogP contribution in [0.5, 0.6) is 0 Å². The molecule has 13 rings (SSSR count). The maximum Gasteiger partial charge on any atom is 0.0641 e. The van der Waals surface area contributed by atoms with Gasteiger partial charge in [-0.2, -0.15) is 0 Å². The van der Waals surface area contributed by atoms with Gasteiger partial charge in [0, 0.05) is 50.0 Å². The Morgan fingerprint density at radius 1 is 0.254 bits per heavy atom. The molecule has 3 heteroatoms. The first-order chi connectivity index (χ1) is 31.3. The Hall–Kier alpha value is -8.40. The van der Waals surface area contributed by atoms with Gasteiger partial charge in [0.25, 0.3) is 0 Å². The first kappa shape index (κ1) is 35.4. The van der Waals surface area contributed by atoms with E-state index in [4.69, 9.17) is 0 Å². The summed E-state index contributed by atoms with van der Waals surface area (Å²) in [4.78, 5) is 2.40. The molecule has 0 aliphatic carbocycles. The van der Waals surface area contributed by atoms with Crippen LogP contribution >= 0.6 is 0 Å². The second-order valence-electron chi connectivity index (χ2n) is 16.5. The summed E-state index contributed by atoms with van der Waals surface area (Å²) in [6, 6.07) is 86.4. The van der Waals surface area contributed by atoms with E-state index in [1.54, 1.807) is 0 Å². The Kier molecular flexibility index (Phi) is 7.91. The molecular weight excluding hydrogens is 763 g/mol. The molecule has 13 aromatic rings. The maximum absolute atomic E-state index is 2.48. The SMILES string of the molecule is c1ccc(-c2ccc(N(c3ccc(-n4c5ccccc5c5ccc6c(c7ccccc7n6-c6ccccc6)c54)cc3)c3ccc4c5ccccc5c5ccccc5c4c3)cc2)cc1. The molecule has 0 amide bonds. The Bertz CT molecular complexity index is 3840. The number of aromatic nitrogens is 2. The molecule has 0 saturated carbocycles. The van der Waals surface area contributed by atoms with Crippen molar-refractivity contribution < 1.29 is 0 Å². The molecule has 0 aliphatic rings. The molecule has 3 nitrogen and oxygen atoms in total. The lowest BCUT2D eigenvalue weighted by Gasteiger charge is -2.27. The molecular formula is C60H39N3. The minimum atomic E-state index is 1.09. The van der Waals surface area contributed by atoms with Crippen LogP contribution in [0.1, 0.15) is 0 Å². The molecule has 0 saturated heterocycles. The summed E-state index contributed by atoms with van der Waals surface area (Å²) in [6.45, 7) is 0. The van der Waals surface area contributed by atoms with E-state index in [1.165, 1.54) is 87.1 Å². The first-order valence-corrected chi connectivity index (χ1v) is 21.7. The maximum atomic E-state index is 2.48. The van der Waals surface area contributed by atoms with Gasteiger partial charge in [0.05, 0.1) is 22.1 Å². The number of anilines is 3. The molecule has 11 aromatic carbocycles. The lowest BCUT2D eigenvalue weighted by Crippen LogP contribution is -2.10. The monoisotopic (exact) mass is 801 g/mol. The lowest BCUT2D eigenvalue weighted by molar-refractivity contribution is 1.17. The summed E-state index contributed by atoms with van der Waals surface area (Å²) < 4.78 is 4.89. The molecule has 0 N–H and O–H groups in total. The highest BCUT2D eigenvalue weighted by molar-refractivity contribution is 6.27. The average molecular weight is 802 g/mol. The number of hydrogen-bond donors (Lipinski definition) is 0. The topological polar surface area (TPSA) is 13.1 Å². The zero-order valence-corrected chi connectivity index (χ0v) is 34.4. The van der Waals surface area contributed by atoms with Gasteiger partial charge in [-0.3, -0.25) is 0 Å². The molecule has 63 heavy (non-hydrogen) atoms. The van der Waals surface area contributed by atoms with E-state index in [-0.39, 0.29) is 0 Å². The van der Waals surface area contributed by atoms with Gasteiger partial charge in [-0.05, 0) is 122 Å². The third-order valence-electron chi connectivity index (χ3n) is 13.1. The Balaban J connectivity index is 1.02. The van der Waals surface area contributed by atoms with E-state index < -0.39 is 0 Å². The van der Waals surface area contributed by atoms with Crippen molar-refractivity contribution in [2.24, 2.45) is 0 Å². The second kappa shape index (κ2) is 14.1. The molecule has 2 aromatic heterocycles. The number of fused-ring (bicyclic) bond motifs is 13. The summed E-state index contributed by atoms with van der Waals surface area (Å²) in [7, 11) is 0. The highest BCUT2D eigenvalue weighted by Gasteiger charge is 2.22. The van der Waals surface area contributed by atoms with Crippen LogP contribution < -0.4 is 4.90 Å². The van der Waals surface area contributed by atoms with Gasteiger partial charge in [-0.25, -0.2) is 0 Å². The zero-order chi connectivity index (χ0) is 41.4. The van der Waals surface area contributed by atoms with Crippen molar-refractivity contribution in [2.45, 2.75) is 0 Å². The lowest BCUT2D eigenvalue weighted by atomic mass is 9.94. The molecule has 0 spiro atoms. The van der Waals surface area contributed by atoms with E-state index in [1.807, 2.05) is 0 Å². The number of hydrogen-bond acceptors (Lipinski definition) is 1. The minimum Gasteiger partial charge on any atom is -0.310 e. The quantitative estimate of drug-likeness (QED) is 0.153. The Labute approximate surface area is 364 Å². The fourth-order valence-electron chi connectivity index (χ4n) is 10.3. The van der Waals surface area contributed by atoms with Crippen LogP contribution in [0.25, 0.3) is 98.4 Å². The summed E-state index contributed by atoms with van der Waals surface area (Å²) in [5.41, 5.74) is 12.7. The summed E-state index contributed by atoms with van der Waals surface area (Å²) >= 11 is 0. The van der Waals surface area contributed by atoms with E-state index in [0.717, 1.165) is 28.4 Å². The van der Waals surface area contributed by atoms with Crippen LogP contribution in [0.15, 0.2) is 237 Å². The van der Waals surface area contributed by atoms with Gasteiger partial charge in [0.15, 0.2) is 0 Å². The fraction of sp³-hybridized carbons (Fsp3) is 0. The van der Waals surface area contributed by atoms with E-state index >= 15 is 0 Å². The molecule has 0 aliphatic heterocycles. The molecule has 294 valence electrons. The van der Waals surface area contributed by atoms with Crippen molar-refractivity contribution in [1.82, 2.24) is 9.13 Å². The highest BCUT2D eigenvalue weighted by atomic mass is 15.1. The Morgan fingerprint density at radius 3 is 1.35 bits per heavy atom. The van der Waals surface area contributed by atoms with Crippen LogP contribution in [-0.2, 0) is 0 Å². The minimum absolute atomic E-state index is 1.09. The van der Waals surface area contributed by atoms with Crippen LogP contribution in [-0.4, -0.2) is 9.13 Å². The van der Waals surface area contributed by atoms with Gasteiger partial charge < -0.3 is 14.0 Å². The molecule has 0 bridgehead atoms. The molecule has 0 radical (unpaired) electrons. The predicted molar refractivity (Wildman–Crippen MR) is 268 cm³/mol. The number of para-hydroxylation sites is 3. The average Bonchev–Trinajstić information content (AvgIpc) is 3.88. The number of benzene rings is 11. The smallest absolute Gasteiger partial charge is 0.0641 e. The van der Waals surface area contributed by atoms with Crippen molar-refractivity contribution in [2.75, 3.05) is 4.90 Å². The summed E-state index contributed by atoms with van der Waals surface area (Å²) in [5.74, 6) is 0. The fourth-order valence-corrected chi connectivity index (χ4v) is 10.3. The van der Waals surface area contributed by atoms with Gasteiger partial charge in [0.2, 0.25) is 0 Å². The van der Waals surface area contributed by atoms with Crippen molar-refractivity contribution in [1.29, 1.82) is 0 Å². The predicted octanol–water partition coefficient (Wildman–Crippen LogP) is 16.5. The van der Waals surface area contributed by atoms with Gasteiger partial charge in [0.1, 0.15) is 0 Å². The highest BCUT2D eigenvalue weighted by Crippen LogP contribution is 2.44. The molecule has 0 unspecified atom stereocenters. The molecule has 0 atom stereocenters. The largest absolute Gasteiger partial charge is 0.310 e. The van der Waals surface area contributed by atoms with Crippen molar-refractivity contribution in [3.63, 3.8) is 0 Å². The van der Waals surface area contributed by atoms with E-state index in [0.29, 0.717) is 0 Å². The molecule has 0 fully saturated rings. The van der Waals surface area contributed by atoms with Crippen LogP contribution in [0.4, 0.5) is 17.1 Å². The van der Waals surface area contributed by atoms with Crippen molar-refractivity contribution >= 4 is 93.0 Å². The van der Waals surface area contributed by atoms with Gasteiger partial charge in [-0.15, -0.1) is 0 Å². The van der Waals surface area contributed by atoms with Gasteiger partial charge in [-0.1, -0.05) is 158 Å². The van der Waals surface area contributed by atoms with Crippen molar-refractivity contribution in [3.8, 4) is 22.5 Å². The zero-order valence-electron chi connectivity index (χ0n) is 34.4. The van der Waals surface area contributed by atoms with Crippen LogP contribution in [0.2, 0.25) is 0 Å².